The molecule has 0 unspecified atom stereocenters. The first-order chi connectivity index (χ1) is 15.4. The molecule has 0 aliphatic carbocycles. The highest BCUT2D eigenvalue weighted by molar-refractivity contribution is 7.07. The van der Waals surface area contributed by atoms with Crippen LogP contribution in [0.1, 0.15) is 31.0 Å². The summed E-state index contributed by atoms with van der Waals surface area (Å²) in [7, 11) is 1.59. The predicted molar refractivity (Wildman–Crippen MR) is 125 cm³/mol. The number of allylic oxidation sites excluding steroid dienone is 1. The summed E-state index contributed by atoms with van der Waals surface area (Å²) in [5.74, 6) is 0.198. The van der Waals surface area contributed by atoms with Crippen molar-refractivity contribution in [2.24, 2.45) is 4.99 Å². The van der Waals surface area contributed by atoms with Crippen LogP contribution in [0.4, 0.5) is 0 Å². The van der Waals surface area contributed by atoms with Crippen LogP contribution in [0.15, 0.2) is 69.6 Å². The number of aromatic nitrogens is 1. The number of carbonyl (C=O) groups excluding carboxylic acids is 1. The fourth-order valence-electron chi connectivity index (χ4n) is 3.60. The van der Waals surface area contributed by atoms with E-state index in [9.17, 15) is 9.59 Å². The lowest BCUT2D eigenvalue weighted by molar-refractivity contribution is -0.139. The van der Waals surface area contributed by atoms with Crippen molar-refractivity contribution in [1.29, 1.82) is 0 Å². The van der Waals surface area contributed by atoms with Crippen LogP contribution in [0.25, 0.3) is 6.08 Å². The smallest absolute Gasteiger partial charge is 0.338 e. The van der Waals surface area contributed by atoms with Gasteiger partial charge in [0.1, 0.15) is 5.75 Å². The molecule has 0 saturated carbocycles. The van der Waals surface area contributed by atoms with Crippen LogP contribution in [-0.4, -0.2) is 24.3 Å². The molecular weight excluding hydrogens is 448 g/mol. The molecule has 3 aromatic rings. The lowest BCUT2D eigenvalue weighted by atomic mass is 9.96. The van der Waals surface area contributed by atoms with E-state index >= 15 is 0 Å². The molecule has 1 aromatic heterocycles. The van der Waals surface area contributed by atoms with E-state index in [4.69, 9.17) is 21.1 Å². The Kier molecular flexibility index (Phi) is 6.30. The maximum atomic E-state index is 13.5. The van der Waals surface area contributed by atoms with Crippen LogP contribution in [0.2, 0.25) is 5.02 Å². The van der Waals surface area contributed by atoms with Crippen molar-refractivity contribution in [1.82, 2.24) is 4.57 Å². The second-order valence-corrected chi connectivity index (χ2v) is 8.57. The maximum absolute atomic E-state index is 13.5. The second-order valence-electron chi connectivity index (χ2n) is 7.13. The first kappa shape index (κ1) is 22.0. The molecule has 0 amide bonds. The van der Waals surface area contributed by atoms with E-state index in [-0.39, 0.29) is 12.2 Å². The molecule has 0 bridgehead atoms. The van der Waals surface area contributed by atoms with Gasteiger partial charge >= 0.3 is 5.97 Å². The van der Waals surface area contributed by atoms with Crippen molar-refractivity contribution in [3.8, 4) is 5.75 Å². The van der Waals surface area contributed by atoms with Gasteiger partial charge in [-0.1, -0.05) is 47.2 Å². The Hall–Kier alpha value is -3.16. The van der Waals surface area contributed by atoms with Crippen molar-refractivity contribution in [2.45, 2.75) is 19.9 Å². The fraction of sp³-hybridized carbons (Fsp3) is 0.208. The molecule has 0 N–H and O–H groups in total. The van der Waals surface area contributed by atoms with E-state index in [0.717, 1.165) is 11.1 Å². The Morgan fingerprint density at radius 1 is 1.19 bits per heavy atom. The van der Waals surface area contributed by atoms with Crippen molar-refractivity contribution in [3.05, 3.63) is 95.6 Å². The Morgan fingerprint density at radius 2 is 1.88 bits per heavy atom. The number of esters is 1. The zero-order valence-electron chi connectivity index (χ0n) is 17.8. The average Bonchev–Trinajstić information content (AvgIpc) is 3.09. The highest BCUT2D eigenvalue weighted by atomic mass is 35.5. The van der Waals surface area contributed by atoms with Crippen LogP contribution in [0.3, 0.4) is 0 Å². The van der Waals surface area contributed by atoms with Crippen molar-refractivity contribution < 1.29 is 14.3 Å². The molecule has 1 aliphatic heterocycles. The Bertz CT molecular complexity index is 1370. The van der Waals surface area contributed by atoms with Crippen molar-refractivity contribution >= 4 is 35.0 Å². The monoisotopic (exact) mass is 468 g/mol. The van der Waals surface area contributed by atoms with Gasteiger partial charge in [-0.3, -0.25) is 9.36 Å². The Labute approximate surface area is 193 Å². The van der Waals surface area contributed by atoms with Crippen LogP contribution in [0.5, 0.6) is 5.75 Å². The highest BCUT2D eigenvalue weighted by Gasteiger charge is 2.33. The molecule has 32 heavy (non-hydrogen) atoms. The standard InChI is InChI=1S/C24H21ClN2O4S/c1-4-31-23(29)20-14(2)26-24-27(21(20)16-7-11-18(30-3)12-8-16)22(28)19(32-24)13-15-5-9-17(25)10-6-15/h5-13,21H,4H2,1-3H3/b19-13+/t21-/m1/s1. The lowest BCUT2D eigenvalue weighted by Crippen LogP contribution is -2.39. The van der Waals surface area contributed by atoms with E-state index in [1.807, 2.05) is 24.3 Å². The second kappa shape index (κ2) is 9.14. The number of benzene rings is 2. The van der Waals surface area contributed by atoms with Crippen LogP contribution < -0.4 is 19.6 Å². The summed E-state index contributed by atoms with van der Waals surface area (Å²) in [6.45, 7) is 3.74. The first-order valence-corrected chi connectivity index (χ1v) is 11.2. The number of thiazole rings is 1. The van der Waals surface area contributed by atoms with Gasteiger partial charge in [0.05, 0.1) is 35.6 Å². The van der Waals surface area contributed by atoms with E-state index in [2.05, 4.69) is 4.99 Å². The minimum Gasteiger partial charge on any atom is -0.497 e. The Morgan fingerprint density at radius 3 is 2.50 bits per heavy atom. The normalized spacial score (nSPS) is 15.9. The van der Waals surface area contributed by atoms with Crippen molar-refractivity contribution in [2.75, 3.05) is 13.7 Å². The van der Waals surface area contributed by atoms with E-state index in [0.29, 0.717) is 31.4 Å². The largest absolute Gasteiger partial charge is 0.497 e. The van der Waals surface area contributed by atoms with Gasteiger partial charge in [-0.25, -0.2) is 9.79 Å². The van der Waals surface area contributed by atoms with E-state index in [1.165, 1.54) is 11.3 Å². The predicted octanol–water partition coefficient (Wildman–Crippen LogP) is 3.46. The van der Waals surface area contributed by atoms with Gasteiger partial charge in [0, 0.05) is 5.02 Å². The minimum atomic E-state index is -0.649. The number of ether oxygens (including phenoxy) is 2. The third kappa shape index (κ3) is 4.13. The third-order valence-corrected chi connectivity index (χ3v) is 6.35. The summed E-state index contributed by atoms with van der Waals surface area (Å²) in [6.07, 6.45) is 1.80. The summed E-state index contributed by atoms with van der Waals surface area (Å²) >= 11 is 7.26. The van der Waals surface area contributed by atoms with Gasteiger partial charge in [-0.05, 0) is 55.3 Å². The van der Waals surface area contributed by atoms with Crippen LogP contribution in [-0.2, 0) is 9.53 Å². The number of hydrogen-bond donors (Lipinski definition) is 0. The SMILES string of the molecule is CCOC(=O)C1=C(C)N=c2s/c(=C/c3ccc(Cl)cc3)c(=O)n2[C@@H]1c1ccc(OC)cc1. The van der Waals surface area contributed by atoms with Gasteiger partial charge in [-0.15, -0.1) is 0 Å². The lowest BCUT2D eigenvalue weighted by Gasteiger charge is -2.24. The van der Waals surface area contributed by atoms with Gasteiger partial charge in [-0.2, -0.15) is 0 Å². The fourth-order valence-corrected chi connectivity index (χ4v) is 4.78. The number of methoxy groups -OCH3 is 1. The summed E-state index contributed by atoms with van der Waals surface area (Å²) in [4.78, 5) is 31.5. The highest BCUT2D eigenvalue weighted by Crippen LogP contribution is 2.31. The molecule has 164 valence electrons. The van der Waals surface area contributed by atoms with E-state index in [1.54, 1.807) is 55.9 Å². The van der Waals surface area contributed by atoms with Gasteiger partial charge in [0.15, 0.2) is 4.80 Å². The number of nitrogens with zero attached hydrogens (tertiary/aromatic N) is 2. The molecule has 0 radical (unpaired) electrons. The van der Waals surface area contributed by atoms with Gasteiger partial charge in [0.2, 0.25) is 0 Å². The number of fused-ring (bicyclic) bond motifs is 1. The molecule has 0 fully saturated rings. The molecule has 1 aliphatic rings. The van der Waals surface area contributed by atoms with Gasteiger partial charge in [0.25, 0.3) is 5.56 Å². The van der Waals surface area contributed by atoms with Gasteiger partial charge < -0.3 is 9.47 Å². The summed E-state index contributed by atoms with van der Waals surface area (Å²) in [6, 6.07) is 13.9. The molecule has 2 heterocycles. The molecule has 0 saturated heterocycles. The molecule has 0 spiro atoms. The minimum absolute atomic E-state index is 0.223. The topological polar surface area (TPSA) is 69.9 Å². The zero-order chi connectivity index (χ0) is 22.8. The molecular formula is C24H21ClN2O4S. The average molecular weight is 469 g/mol. The quantitative estimate of drug-likeness (QED) is 0.538. The third-order valence-electron chi connectivity index (χ3n) is 5.12. The summed E-state index contributed by atoms with van der Waals surface area (Å²) in [5, 5.41) is 0.623. The summed E-state index contributed by atoms with van der Waals surface area (Å²) in [5.41, 5.74) is 2.27. The van der Waals surface area contributed by atoms with Crippen LogP contribution >= 0.6 is 22.9 Å². The number of hydrogen-bond acceptors (Lipinski definition) is 6. The van der Waals surface area contributed by atoms with Crippen molar-refractivity contribution in [3.63, 3.8) is 0 Å². The maximum Gasteiger partial charge on any atom is 0.338 e. The Balaban J connectivity index is 1.93. The number of halogens is 1. The first-order valence-electron chi connectivity index (χ1n) is 10.0. The molecule has 2 aromatic carbocycles. The molecule has 6 nitrogen and oxygen atoms in total. The van der Waals surface area contributed by atoms with Crippen LogP contribution in [0, 0.1) is 0 Å². The molecule has 4 rings (SSSR count). The zero-order valence-corrected chi connectivity index (χ0v) is 19.4. The number of rotatable bonds is 5. The molecule has 8 heteroatoms. The van der Waals surface area contributed by atoms with E-state index < -0.39 is 12.0 Å². The number of carbonyl (C=O) groups is 1. The summed E-state index contributed by atoms with van der Waals surface area (Å²) < 4.78 is 12.6. The molecule has 1 atom stereocenters.